The smallest absolute Gasteiger partial charge is 0.120 e. The summed E-state index contributed by atoms with van der Waals surface area (Å²) in [6.07, 6.45) is 0. The van der Waals surface area contributed by atoms with Gasteiger partial charge in [-0.05, 0) is 27.3 Å². The molecule has 0 saturated heterocycles. The molecule has 56 valence electrons. The van der Waals surface area contributed by atoms with Crippen LogP contribution >= 0.6 is 0 Å². The third kappa shape index (κ3) is 3.46. The van der Waals surface area contributed by atoms with E-state index in [2.05, 4.69) is 5.32 Å². The van der Waals surface area contributed by atoms with Crippen LogP contribution in [0.3, 0.4) is 0 Å². The summed E-state index contributed by atoms with van der Waals surface area (Å²) in [5, 5.41) is 3.01. The summed E-state index contributed by atoms with van der Waals surface area (Å²) < 4.78 is 12.9. The van der Waals surface area contributed by atoms with E-state index in [0.29, 0.717) is 0 Å². The summed E-state index contributed by atoms with van der Waals surface area (Å²) in [6.45, 7) is 7.82. The molecule has 0 rings (SSSR count). The first-order valence-corrected chi connectivity index (χ1v) is 3.40. The molecule has 0 aliphatic heterocycles. The highest BCUT2D eigenvalue weighted by Gasteiger charge is 2.23. The average molecular weight is 133 g/mol. The minimum Gasteiger partial charge on any atom is -0.311 e. The van der Waals surface area contributed by atoms with Crippen molar-refractivity contribution in [1.82, 2.24) is 5.32 Å². The van der Waals surface area contributed by atoms with Crippen LogP contribution < -0.4 is 5.32 Å². The van der Waals surface area contributed by atoms with Crippen LogP contribution in [0, 0.1) is 0 Å². The zero-order chi connectivity index (χ0) is 7.49. The average Bonchev–Trinajstić information content (AvgIpc) is 1.64. The van der Waals surface area contributed by atoms with Gasteiger partial charge in [0.25, 0.3) is 0 Å². The number of nitrogens with one attached hydrogen (secondary N) is 1. The van der Waals surface area contributed by atoms with Crippen LogP contribution in [-0.4, -0.2) is 18.3 Å². The molecule has 0 aromatic heterocycles. The molecule has 0 aliphatic rings. The Balaban J connectivity index is 3.59. The highest BCUT2D eigenvalue weighted by atomic mass is 19.1. The lowest BCUT2D eigenvalue weighted by atomic mass is 10.0. The van der Waals surface area contributed by atoms with Crippen molar-refractivity contribution in [1.29, 1.82) is 0 Å². The maximum absolute atomic E-state index is 12.9. The van der Waals surface area contributed by atoms with E-state index in [9.17, 15) is 4.39 Å². The number of hydrogen-bond donors (Lipinski definition) is 1. The number of halogens is 1. The molecule has 2 heteroatoms. The van der Waals surface area contributed by atoms with Crippen LogP contribution in [0.4, 0.5) is 4.39 Å². The molecular formula is C7H16FN. The van der Waals surface area contributed by atoms with E-state index < -0.39 is 5.67 Å². The second-order valence-electron chi connectivity index (χ2n) is 2.84. The minimum atomic E-state index is -1.10. The zero-order valence-corrected chi connectivity index (χ0v) is 6.66. The highest BCUT2D eigenvalue weighted by Crippen LogP contribution is 2.12. The molecule has 0 radical (unpaired) electrons. The molecule has 1 unspecified atom stereocenters. The summed E-state index contributed by atoms with van der Waals surface area (Å²) in [5.74, 6) is 0. The molecule has 0 spiro atoms. The van der Waals surface area contributed by atoms with Crippen molar-refractivity contribution in [2.24, 2.45) is 0 Å². The SMILES string of the molecule is CCNC(C)C(C)(C)F. The van der Waals surface area contributed by atoms with Gasteiger partial charge in [-0.2, -0.15) is 0 Å². The van der Waals surface area contributed by atoms with Crippen LogP contribution in [0.2, 0.25) is 0 Å². The van der Waals surface area contributed by atoms with E-state index in [0.717, 1.165) is 6.54 Å². The summed E-state index contributed by atoms with van der Waals surface area (Å²) >= 11 is 0. The molecule has 0 bridgehead atoms. The lowest BCUT2D eigenvalue weighted by molar-refractivity contribution is 0.160. The van der Waals surface area contributed by atoms with Gasteiger partial charge in [0.15, 0.2) is 0 Å². The fourth-order valence-corrected chi connectivity index (χ4v) is 0.549. The van der Waals surface area contributed by atoms with Crippen molar-refractivity contribution in [3.05, 3.63) is 0 Å². The summed E-state index contributed by atoms with van der Waals surface area (Å²) in [7, 11) is 0. The van der Waals surface area contributed by atoms with Crippen molar-refractivity contribution in [3.8, 4) is 0 Å². The number of alkyl halides is 1. The van der Waals surface area contributed by atoms with Crippen molar-refractivity contribution in [3.63, 3.8) is 0 Å². The molecule has 1 nitrogen and oxygen atoms in total. The monoisotopic (exact) mass is 133 g/mol. The molecule has 0 aromatic rings. The predicted molar refractivity (Wildman–Crippen MR) is 38.3 cm³/mol. The van der Waals surface area contributed by atoms with E-state index in [-0.39, 0.29) is 6.04 Å². The van der Waals surface area contributed by atoms with Gasteiger partial charge in [-0.1, -0.05) is 6.92 Å². The molecular weight excluding hydrogens is 117 g/mol. The summed E-state index contributed by atoms with van der Waals surface area (Å²) in [6, 6.07) is -0.0532. The highest BCUT2D eigenvalue weighted by molar-refractivity contribution is 4.79. The van der Waals surface area contributed by atoms with E-state index in [1.165, 1.54) is 0 Å². The minimum absolute atomic E-state index is 0.0532. The van der Waals surface area contributed by atoms with Gasteiger partial charge in [0, 0.05) is 6.04 Å². The van der Waals surface area contributed by atoms with E-state index in [4.69, 9.17) is 0 Å². The Morgan fingerprint density at radius 2 is 2.00 bits per heavy atom. The Bertz CT molecular complexity index is 75.5. The van der Waals surface area contributed by atoms with Crippen molar-refractivity contribution >= 4 is 0 Å². The maximum atomic E-state index is 12.9. The summed E-state index contributed by atoms with van der Waals surface area (Å²) in [4.78, 5) is 0. The first-order valence-electron chi connectivity index (χ1n) is 3.40. The van der Waals surface area contributed by atoms with Crippen LogP contribution in [0.15, 0.2) is 0 Å². The van der Waals surface area contributed by atoms with Gasteiger partial charge in [-0.25, -0.2) is 4.39 Å². The van der Waals surface area contributed by atoms with E-state index in [1.54, 1.807) is 13.8 Å². The molecule has 1 N–H and O–H groups in total. The standard InChI is InChI=1S/C7H16FN/c1-5-9-6(2)7(3,4)8/h6,9H,5H2,1-4H3. The second kappa shape index (κ2) is 3.16. The Hall–Kier alpha value is -0.110. The molecule has 0 amide bonds. The van der Waals surface area contributed by atoms with Gasteiger partial charge in [-0.3, -0.25) is 0 Å². The fourth-order valence-electron chi connectivity index (χ4n) is 0.549. The van der Waals surface area contributed by atoms with Gasteiger partial charge in [0.05, 0.1) is 0 Å². The lowest BCUT2D eigenvalue weighted by Gasteiger charge is -2.23. The number of hydrogen-bond acceptors (Lipinski definition) is 1. The van der Waals surface area contributed by atoms with E-state index in [1.807, 2.05) is 13.8 Å². The largest absolute Gasteiger partial charge is 0.311 e. The molecule has 0 heterocycles. The van der Waals surface area contributed by atoms with Crippen molar-refractivity contribution in [2.45, 2.75) is 39.4 Å². The van der Waals surface area contributed by atoms with Gasteiger partial charge < -0.3 is 5.32 Å². The second-order valence-corrected chi connectivity index (χ2v) is 2.84. The normalized spacial score (nSPS) is 15.7. The third-order valence-electron chi connectivity index (χ3n) is 1.54. The van der Waals surface area contributed by atoms with Crippen LogP contribution in [0.25, 0.3) is 0 Å². The Morgan fingerprint density at radius 3 is 2.11 bits per heavy atom. The Labute approximate surface area is 56.6 Å². The maximum Gasteiger partial charge on any atom is 0.120 e. The van der Waals surface area contributed by atoms with Gasteiger partial charge in [0.1, 0.15) is 5.67 Å². The summed E-state index contributed by atoms with van der Waals surface area (Å²) in [5.41, 5.74) is -1.10. The number of rotatable bonds is 3. The third-order valence-corrected chi connectivity index (χ3v) is 1.54. The lowest BCUT2D eigenvalue weighted by Crippen LogP contribution is -2.41. The molecule has 0 fully saturated rings. The van der Waals surface area contributed by atoms with Crippen LogP contribution in [-0.2, 0) is 0 Å². The first kappa shape index (κ1) is 8.89. The molecule has 9 heavy (non-hydrogen) atoms. The molecule has 0 saturated carbocycles. The van der Waals surface area contributed by atoms with Crippen LogP contribution in [0.1, 0.15) is 27.7 Å². The topological polar surface area (TPSA) is 12.0 Å². The van der Waals surface area contributed by atoms with Gasteiger partial charge in [-0.15, -0.1) is 0 Å². The molecule has 1 atom stereocenters. The van der Waals surface area contributed by atoms with E-state index >= 15 is 0 Å². The zero-order valence-electron chi connectivity index (χ0n) is 6.66. The predicted octanol–water partition coefficient (Wildman–Crippen LogP) is 1.73. The van der Waals surface area contributed by atoms with Crippen molar-refractivity contribution < 1.29 is 4.39 Å². The quantitative estimate of drug-likeness (QED) is 0.618. The van der Waals surface area contributed by atoms with Gasteiger partial charge >= 0.3 is 0 Å². The van der Waals surface area contributed by atoms with Crippen molar-refractivity contribution in [2.75, 3.05) is 6.54 Å². The van der Waals surface area contributed by atoms with Crippen LogP contribution in [0.5, 0.6) is 0 Å². The fraction of sp³-hybridized carbons (Fsp3) is 1.00. The molecule has 0 aromatic carbocycles. The van der Waals surface area contributed by atoms with Gasteiger partial charge in [0.2, 0.25) is 0 Å². The Kier molecular flexibility index (Phi) is 3.12. The Morgan fingerprint density at radius 1 is 1.56 bits per heavy atom. The molecule has 0 aliphatic carbocycles. The first-order chi connectivity index (χ1) is 3.98.